The topological polar surface area (TPSA) is 49.6 Å². The molecule has 0 saturated heterocycles. The van der Waals surface area contributed by atoms with Gasteiger partial charge in [0.25, 0.3) is 0 Å². The summed E-state index contributed by atoms with van der Waals surface area (Å²) in [4.78, 5) is 8.18. The van der Waals surface area contributed by atoms with Gasteiger partial charge in [0.15, 0.2) is 4.34 Å². The molecule has 0 atom stereocenters. The lowest BCUT2D eigenvalue weighted by atomic mass is 10.3. The average molecular weight is 323 g/mol. The fraction of sp³-hybridized carbons (Fsp3) is 0.0833. The quantitative estimate of drug-likeness (QED) is 0.302. The van der Waals surface area contributed by atoms with E-state index in [2.05, 4.69) is 16.0 Å². The number of thiazole rings is 2. The lowest BCUT2D eigenvalue weighted by Crippen LogP contribution is -1.69. The lowest BCUT2D eigenvalue weighted by Gasteiger charge is -1.87. The Hall–Kier alpha value is -1.07. The molecule has 3 aromatic rings. The van der Waals surface area contributed by atoms with Crippen LogP contribution in [0.2, 0.25) is 0 Å². The number of nitrogens with zero attached hydrogens (tertiary/aromatic N) is 3. The predicted octanol–water partition coefficient (Wildman–Crippen LogP) is 4.70. The van der Waals surface area contributed by atoms with Crippen molar-refractivity contribution in [1.82, 2.24) is 9.97 Å². The van der Waals surface area contributed by atoms with Gasteiger partial charge < -0.3 is 0 Å². The Morgan fingerprint density at radius 2 is 2.21 bits per heavy atom. The SMILES string of the molecule is N#CSCSc1nc2ccccc2s1.c1cscn1. The minimum Gasteiger partial charge on any atom is -0.253 e. The van der Waals surface area contributed by atoms with Gasteiger partial charge in [0.1, 0.15) is 5.40 Å². The largest absolute Gasteiger partial charge is 0.253 e. The maximum atomic E-state index is 8.37. The molecule has 0 spiro atoms. The molecule has 3 nitrogen and oxygen atoms in total. The molecule has 3 rings (SSSR count). The standard InChI is InChI=1S/C9H6N2S3.C3H3NS/c10-5-12-6-13-9-11-7-3-1-2-4-8(7)14-9;1-2-5-3-4-1/h1-4H,6H2;1-3H. The Morgan fingerprint density at radius 1 is 1.32 bits per heavy atom. The molecule has 0 unspecified atom stereocenters. The first-order valence-electron chi connectivity index (χ1n) is 5.21. The molecule has 0 radical (unpaired) electrons. The van der Waals surface area contributed by atoms with Gasteiger partial charge in [-0.1, -0.05) is 23.9 Å². The summed E-state index contributed by atoms with van der Waals surface area (Å²) >= 11 is 6.15. The van der Waals surface area contributed by atoms with E-state index in [9.17, 15) is 0 Å². The van der Waals surface area contributed by atoms with Crippen molar-refractivity contribution in [2.24, 2.45) is 0 Å². The molecule has 0 fully saturated rings. The highest BCUT2D eigenvalue weighted by Crippen LogP contribution is 2.30. The Balaban J connectivity index is 0.000000224. The molecule has 1 aromatic carbocycles. The molecule has 96 valence electrons. The van der Waals surface area contributed by atoms with E-state index in [0.717, 1.165) is 14.9 Å². The van der Waals surface area contributed by atoms with Gasteiger partial charge in [-0.05, 0) is 23.9 Å². The fourth-order valence-electron chi connectivity index (χ4n) is 1.19. The number of nitriles is 1. The summed E-state index contributed by atoms with van der Waals surface area (Å²) in [6.07, 6.45) is 1.77. The van der Waals surface area contributed by atoms with Crippen LogP contribution in [-0.2, 0) is 0 Å². The van der Waals surface area contributed by atoms with Crippen LogP contribution in [0.25, 0.3) is 10.2 Å². The van der Waals surface area contributed by atoms with Gasteiger partial charge in [0, 0.05) is 11.6 Å². The van der Waals surface area contributed by atoms with Crippen molar-refractivity contribution >= 4 is 56.4 Å². The molecule has 19 heavy (non-hydrogen) atoms. The molecule has 0 bridgehead atoms. The number of thioether (sulfide) groups is 2. The summed E-state index contributed by atoms with van der Waals surface area (Å²) < 4.78 is 2.24. The second-order valence-electron chi connectivity index (χ2n) is 3.12. The maximum Gasteiger partial charge on any atom is 0.151 e. The van der Waals surface area contributed by atoms with E-state index in [1.54, 1.807) is 46.1 Å². The van der Waals surface area contributed by atoms with Crippen LogP contribution in [0.3, 0.4) is 0 Å². The molecule has 0 aliphatic carbocycles. The first-order valence-corrected chi connectivity index (χ1v) is 8.94. The zero-order valence-electron chi connectivity index (χ0n) is 9.72. The number of para-hydroxylation sites is 1. The predicted molar refractivity (Wildman–Crippen MR) is 85.7 cm³/mol. The number of thiocyanates is 1. The highest BCUT2D eigenvalue weighted by molar-refractivity contribution is 8.18. The summed E-state index contributed by atoms with van der Waals surface area (Å²) in [6, 6.07) is 8.07. The lowest BCUT2D eigenvalue weighted by molar-refractivity contribution is 1.31. The van der Waals surface area contributed by atoms with Crippen molar-refractivity contribution in [2.45, 2.75) is 4.34 Å². The molecular formula is C12H9N3S4. The van der Waals surface area contributed by atoms with Crippen molar-refractivity contribution < 1.29 is 0 Å². The van der Waals surface area contributed by atoms with E-state index in [-0.39, 0.29) is 0 Å². The van der Waals surface area contributed by atoms with E-state index in [1.165, 1.54) is 16.5 Å². The molecule has 0 saturated carbocycles. The second-order valence-corrected chi connectivity index (χ2v) is 7.25. The summed E-state index contributed by atoms with van der Waals surface area (Å²) in [5, 5.41) is 13.1. The average Bonchev–Trinajstić information content (AvgIpc) is 3.11. The molecular weight excluding hydrogens is 314 g/mol. The van der Waals surface area contributed by atoms with Gasteiger partial charge in [-0.25, -0.2) is 4.98 Å². The van der Waals surface area contributed by atoms with Crippen molar-refractivity contribution in [3.63, 3.8) is 0 Å². The molecule has 0 N–H and O–H groups in total. The van der Waals surface area contributed by atoms with Gasteiger partial charge in [0.2, 0.25) is 0 Å². The van der Waals surface area contributed by atoms with Gasteiger partial charge in [-0.15, -0.1) is 22.7 Å². The first-order chi connectivity index (χ1) is 9.40. The van der Waals surface area contributed by atoms with Gasteiger partial charge in [-0.2, -0.15) is 5.26 Å². The molecule has 7 heteroatoms. The van der Waals surface area contributed by atoms with Crippen molar-refractivity contribution in [2.75, 3.05) is 5.08 Å². The third kappa shape index (κ3) is 4.84. The highest BCUT2D eigenvalue weighted by Gasteiger charge is 2.02. The van der Waals surface area contributed by atoms with Crippen LogP contribution >= 0.6 is 46.2 Å². The summed E-state index contributed by atoms with van der Waals surface area (Å²) in [5.41, 5.74) is 2.84. The molecule has 0 aliphatic rings. The third-order valence-electron chi connectivity index (χ3n) is 1.93. The summed E-state index contributed by atoms with van der Waals surface area (Å²) in [6.45, 7) is 0. The third-order valence-corrected chi connectivity index (χ3v) is 5.29. The number of fused-ring (bicyclic) bond motifs is 1. The van der Waals surface area contributed by atoms with Gasteiger partial charge in [0.05, 0.1) is 20.8 Å². The van der Waals surface area contributed by atoms with E-state index >= 15 is 0 Å². The Kier molecular flexibility index (Phi) is 6.17. The fourth-order valence-corrected chi connectivity index (χ4v) is 4.19. The molecule has 2 heterocycles. The zero-order chi connectivity index (χ0) is 13.3. The monoisotopic (exact) mass is 323 g/mol. The van der Waals surface area contributed by atoms with Gasteiger partial charge >= 0.3 is 0 Å². The highest BCUT2D eigenvalue weighted by atomic mass is 32.2. The van der Waals surface area contributed by atoms with Crippen LogP contribution < -0.4 is 0 Å². The van der Waals surface area contributed by atoms with Crippen molar-refractivity contribution in [3.05, 3.63) is 41.4 Å². The Morgan fingerprint density at radius 3 is 2.84 bits per heavy atom. The Bertz CT molecular complexity index is 592. The second kappa shape index (κ2) is 8.17. The number of hydrogen-bond donors (Lipinski definition) is 0. The van der Waals surface area contributed by atoms with Crippen molar-refractivity contribution in [3.8, 4) is 5.40 Å². The number of rotatable bonds is 3. The normalized spacial score (nSPS) is 9.63. The summed E-state index contributed by atoms with van der Waals surface area (Å²) in [5.74, 6) is 0. The van der Waals surface area contributed by atoms with Crippen LogP contribution in [0.1, 0.15) is 0 Å². The first kappa shape index (κ1) is 14.3. The van der Waals surface area contributed by atoms with Crippen LogP contribution in [-0.4, -0.2) is 15.1 Å². The number of hydrogen-bond acceptors (Lipinski definition) is 7. The minimum atomic E-state index is 0.746. The van der Waals surface area contributed by atoms with Gasteiger partial charge in [-0.3, -0.25) is 4.98 Å². The maximum absolute atomic E-state index is 8.37. The zero-order valence-corrected chi connectivity index (χ0v) is 13.0. The number of aromatic nitrogens is 2. The number of benzene rings is 1. The van der Waals surface area contributed by atoms with E-state index in [0.29, 0.717) is 0 Å². The molecule has 0 aliphatic heterocycles. The van der Waals surface area contributed by atoms with Crippen LogP contribution in [0.15, 0.2) is 45.7 Å². The Labute approximate surface area is 127 Å². The van der Waals surface area contributed by atoms with Crippen LogP contribution in [0.5, 0.6) is 0 Å². The minimum absolute atomic E-state index is 0.746. The van der Waals surface area contributed by atoms with Crippen LogP contribution in [0, 0.1) is 10.7 Å². The molecule has 0 amide bonds. The smallest absolute Gasteiger partial charge is 0.151 e. The van der Waals surface area contributed by atoms with E-state index < -0.39 is 0 Å². The molecule has 2 aromatic heterocycles. The van der Waals surface area contributed by atoms with E-state index in [1.807, 2.05) is 29.0 Å². The van der Waals surface area contributed by atoms with Crippen LogP contribution in [0.4, 0.5) is 0 Å². The van der Waals surface area contributed by atoms with Crippen molar-refractivity contribution in [1.29, 1.82) is 5.26 Å². The van der Waals surface area contributed by atoms with E-state index in [4.69, 9.17) is 5.26 Å². The summed E-state index contributed by atoms with van der Waals surface area (Å²) in [7, 11) is 0.